The van der Waals surface area contributed by atoms with Crippen molar-refractivity contribution in [3.63, 3.8) is 0 Å². The van der Waals surface area contributed by atoms with E-state index in [4.69, 9.17) is 47.1 Å². The maximum Gasteiger partial charge on any atom is 0.115 e. The highest BCUT2D eigenvalue weighted by Gasteiger charge is 2.35. The van der Waals surface area contributed by atoms with Gasteiger partial charge in [0.25, 0.3) is 0 Å². The standard InChI is InChI=1S/C58H32B6NP/c59-49-47(41-28-14-9-22-35(41)32-17-3-1-4-18-32)51(61)57-55(53(49)63)65(44-31-34-21-7-8-23-36(34)37-24-10-13-27-40(37)44)56-54(64)50(60)48(52(62)58(56)66-57)46-43-30-16-12-26-39(43)38-25-11-15-29-42(38)45(46)33-19-5-2-6-20-33/h1-31,66H. The van der Waals surface area contributed by atoms with Crippen LogP contribution in [0.2, 0.25) is 0 Å². The Hall–Kier alpha value is -6.92. The van der Waals surface area contributed by atoms with Gasteiger partial charge in [0.15, 0.2) is 0 Å². The molecule has 12 radical (unpaired) electrons. The summed E-state index contributed by atoms with van der Waals surface area (Å²) in [6, 6.07) is 64.8. The molecule has 1 heterocycles. The van der Waals surface area contributed by atoms with Gasteiger partial charge in [0.1, 0.15) is 47.1 Å². The van der Waals surface area contributed by atoms with Gasteiger partial charge in [-0.25, -0.2) is 0 Å². The van der Waals surface area contributed by atoms with E-state index in [-0.39, 0.29) is 8.58 Å². The van der Waals surface area contributed by atoms with Gasteiger partial charge >= 0.3 is 0 Å². The summed E-state index contributed by atoms with van der Waals surface area (Å²) in [6.07, 6.45) is 0. The molecule has 8 heteroatoms. The molecule has 0 spiro atoms. The summed E-state index contributed by atoms with van der Waals surface area (Å²) in [7, 11) is 45.3. The molecule has 1 nitrogen and oxygen atoms in total. The van der Waals surface area contributed by atoms with E-state index >= 15 is 0 Å². The van der Waals surface area contributed by atoms with Crippen LogP contribution in [0.25, 0.3) is 87.6 Å². The van der Waals surface area contributed by atoms with Crippen molar-refractivity contribution >= 4 is 159 Å². The summed E-state index contributed by atoms with van der Waals surface area (Å²) >= 11 is 0. The van der Waals surface area contributed by atoms with Gasteiger partial charge in [-0.05, 0) is 98.9 Å². The maximum atomic E-state index is 7.80. The SMILES string of the molecule is [B]c1c([B])c2c(c([B])c1-c1ccccc1-c1ccccc1)Pc1c([B])c(-c3c(-c4ccccc4)c4ccccc4c4ccccc34)c([B])c([B])c1N2c1cc2ccccc2c2ccccc12. The molecule has 292 valence electrons. The molecule has 0 bridgehead atoms. The topological polar surface area (TPSA) is 3.24 Å². The van der Waals surface area contributed by atoms with Crippen LogP contribution < -0.4 is 48.3 Å². The van der Waals surface area contributed by atoms with E-state index in [0.717, 1.165) is 92.8 Å². The minimum Gasteiger partial charge on any atom is -0.310 e. The first-order chi connectivity index (χ1) is 32.3. The van der Waals surface area contributed by atoms with Crippen molar-refractivity contribution in [1.82, 2.24) is 0 Å². The van der Waals surface area contributed by atoms with Crippen molar-refractivity contribution in [2.75, 3.05) is 4.90 Å². The molecule has 0 N–H and O–H groups in total. The molecule has 0 aliphatic carbocycles. The molecule has 66 heavy (non-hydrogen) atoms. The monoisotopic (exact) mass is 839 g/mol. The zero-order chi connectivity index (χ0) is 44.8. The Kier molecular flexibility index (Phi) is 9.78. The fourth-order valence-electron chi connectivity index (χ4n) is 10.4. The second kappa shape index (κ2) is 15.9. The van der Waals surface area contributed by atoms with Crippen molar-refractivity contribution in [2.24, 2.45) is 0 Å². The summed E-state index contributed by atoms with van der Waals surface area (Å²) in [5, 5.41) is 10.2. The normalized spacial score (nSPS) is 12.6. The Morgan fingerprint density at radius 1 is 0.303 bits per heavy atom. The summed E-state index contributed by atoms with van der Waals surface area (Å²) < 4.78 is 0. The molecule has 1 aliphatic heterocycles. The highest BCUT2D eigenvalue weighted by atomic mass is 31.1. The van der Waals surface area contributed by atoms with E-state index in [2.05, 4.69) is 157 Å². The molecule has 0 saturated heterocycles. The average Bonchev–Trinajstić information content (AvgIpc) is 3.37. The number of hydrogen-bond acceptors (Lipinski definition) is 1. The largest absolute Gasteiger partial charge is 0.310 e. The van der Waals surface area contributed by atoms with Crippen LogP contribution in [0.15, 0.2) is 188 Å². The lowest BCUT2D eigenvalue weighted by atomic mass is 9.67. The third kappa shape index (κ3) is 6.06. The van der Waals surface area contributed by atoms with Gasteiger partial charge in [-0.1, -0.05) is 223 Å². The number of anilines is 3. The molecule has 12 rings (SSSR count). The van der Waals surface area contributed by atoms with Crippen molar-refractivity contribution in [3.05, 3.63) is 188 Å². The third-order valence-corrected chi connectivity index (χ3v) is 14.9. The van der Waals surface area contributed by atoms with E-state index < -0.39 is 0 Å². The highest BCUT2D eigenvalue weighted by Crippen LogP contribution is 2.47. The lowest BCUT2D eigenvalue weighted by molar-refractivity contribution is 1.35. The average molecular weight is 839 g/mol. The molecule has 0 saturated carbocycles. The number of hydrogen-bond donors (Lipinski definition) is 0. The first-order valence-electron chi connectivity index (χ1n) is 21.9. The molecular weight excluding hydrogens is 806 g/mol. The quantitative estimate of drug-likeness (QED) is 0.0963. The molecular formula is C58H32B6NP. The summed E-state index contributed by atoms with van der Waals surface area (Å²) in [4.78, 5) is 2.13. The lowest BCUT2D eigenvalue weighted by Gasteiger charge is -2.42. The molecule has 0 fully saturated rings. The minimum absolute atomic E-state index is 0.0793. The lowest BCUT2D eigenvalue weighted by Crippen LogP contribution is -2.53. The number of benzene rings is 11. The van der Waals surface area contributed by atoms with Gasteiger partial charge in [0.05, 0.1) is 5.69 Å². The Labute approximate surface area is 394 Å². The first-order valence-corrected chi connectivity index (χ1v) is 22.9. The highest BCUT2D eigenvalue weighted by molar-refractivity contribution is 7.58. The number of nitrogens with zero attached hydrogens (tertiary/aromatic N) is 1. The Morgan fingerprint density at radius 2 is 0.727 bits per heavy atom. The summed E-state index contributed by atoms with van der Waals surface area (Å²) in [6.45, 7) is 0. The van der Waals surface area contributed by atoms with Gasteiger partial charge in [-0.15, -0.1) is 0 Å². The van der Waals surface area contributed by atoms with Crippen molar-refractivity contribution in [2.45, 2.75) is 0 Å². The zero-order valence-electron chi connectivity index (χ0n) is 35.8. The molecule has 11 aromatic rings. The molecule has 0 amide bonds. The minimum atomic E-state index is -0.0793. The van der Waals surface area contributed by atoms with Crippen molar-refractivity contribution in [1.29, 1.82) is 0 Å². The van der Waals surface area contributed by atoms with Crippen molar-refractivity contribution < 1.29 is 0 Å². The summed E-state index contributed by atoms with van der Waals surface area (Å²) in [5.74, 6) is 0. The van der Waals surface area contributed by atoms with Crippen molar-refractivity contribution in [3.8, 4) is 44.5 Å². The Balaban J connectivity index is 1.22. The molecule has 11 aromatic carbocycles. The fourth-order valence-corrected chi connectivity index (χ4v) is 11.9. The van der Waals surface area contributed by atoms with Crippen LogP contribution in [0, 0.1) is 0 Å². The van der Waals surface area contributed by atoms with Crippen LogP contribution in [0.4, 0.5) is 17.1 Å². The van der Waals surface area contributed by atoms with E-state index in [9.17, 15) is 0 Å². The van der Waals surface area contributed by atoms with Crippen LogP contribution in [-0.2, 0) is 0 Å². The smallest absolute Gasteiger partial charge is 0.115 e. The van der Waals surface area contributed by atoms with E-state index in [1.807, 2.05) is 36.4 Å². The fraction of sp³-hybridized carbons (Fsp3) is 0. The number of rotatable bonds is 5. The predicted molar refractivity (Wildman–Crippen MR) is 293 cm³/mol. The van der Waals surface area contributed by atoms with E-state index in [1.54, 1.807) is 0 Å². The second-order valence-electron chi connectivity index (χ2n) is 16.9. The number of fused-ring (bicyclic) bond motifs is 8. The predicted octanol–water partition coefficient (Wildman–Crippen LogP) is 8.14. The van der Waals surface area contributed by atoms with Crippen LogP contribution >= 0.6 is 8.58 Å². The van der Waals surface area contributed by atoms with Gasteiger partial charge < -0.3 is 4.90 Å². The van der Waals surface area contributed by atoms with Gasteiger partial charge in [-0.3, -0.25) is 0 Å². The summed E-state index contributed by atoms with van der Waals surface area (Å²) in [5.41, 5.74) is 12.0. The van der Waals surface area contributed by atoms with Gasteiger partial charge in [0.2, 0.25) is 0 Å². The van der Waals surface area contributed by atoms with Crippen LogP contribution in [0.3, 0.4) is 0 Å². The molecule has 0 aromatic heterocycles. The van der Waals surface area contributed by atoms with Gasteiger partial charge in [0, 0.05) is 16.8 Å². The van der Waals surface area contributed by atoms with Crippen LogP contribution in [0.1, 0.15) is 0 Å². The van der Waals surface area contributed by atoms with Crippen LogP contribution in [0.5, 0.6) is 0 Å². The third-order valence-electron chi connectivity index (χ3n) is 13.4. The van der Waals surface area contributed by atoms with Gasteiger partial charge in [-0.2, -0.15) is 0 Å². The van der Waals surface area contributed by atoms with E-state index in [1.165, 1.54) is 0 Å². The molecule has 1 unspecified atom stereocenters. The maximum absolute atomic E-state index is 7.80. The molecule has 1 atom stereocenters. The van der Waals surface area contributed by atoms with E-state index in [0.29, 0.717) is 55.3 Å². The molecule has 1 aliphatic rings. The second-order valence-corrected chi connectivity index (χ2v) is 18.2. The Morgan fingerprint density at radius 3 is 1.33 bits per heavy atom. The first kappa shape index (κ1) is 40.6. The Bertz CT molecular complexity index is 3820. The zero-order valence-corrected chi connectivity index (χ0v) is 36.8. The van der Waals surface area contributed by atoms with Crippen LogP contribution in [-0.4, -0.2) is 47.1 Å².